The molecule has 0 atom stereocenters. The number of rotatable bonds is 6. The molecule has 0 bridgehead atoms. The lowest BCUT2D eigenvalue weighted by Crippen LogP contribution is -2.01. The van der Waals surface area contributed by atoms with Crippen LogP contribution in [0.2, 0.25) is 0 Å². The molecule has 8 aromatic rings. The van der Waals surface area contributed by atoms with E-state index in [1.807, 2.05) is 83.4 Å². The van der Waals surface area contributed by atoms with Gasteiger partial charge in [0.15, 0.2) is 0 Å². The summed E-state index contributed by atoms with van der Waals surface area (Å²) in [5.41, 5.74) is 13.2. The Labute approximate surface area is 301 Å². The normalized spacial score (nSPS) is 11.3. The molecule has 0 saturated heterocycles. The largest absolute Gasteiger partial charge is 0.497 e. The number of ether oxygens (including phenoxy) is 4. The first-order chi connectivity index (χ1) is 25.1. The summed E-state index contributed by atoms with van der Waals surface area (Å²) in [5, 5.41) is 0. The van der Waals surface area contributed by atoms with Gasteiger partial charge in [-0.05, 0) is 64.8 Å². The molecule has 52 heavy (non-hydrogen) atoms. The smallest absolute Gasteiger partial charge is 0.150 e. The number of benzene rings is 2. The highest BCUT2D eigenvalue weighted by atomic mass is 16.5. The van der Waals surface area contributed by atoms with E-state index in [-0.39, 0.29) is 0 Å². The number of aromatic nitrogens is 8. The Bertz CT molecular complexity index is 2480. The van der Waals surface area contributed by atoms with E-state index in [9.17, 15) is 0 Å². The number of hydrogen-bond donors (Lipinski definition) is 0. The van der Waals surface area contributed by atoms with Crippen LogP contribution in [0.1, 0.15) is 33.9 Å². The Morgan fingerprint density at radius 2 is 0.942 bits per heavy atom. The summed E-state index contributed by atoms with van der Waals surface area (Å²) in [7, 11) is 6.57. The minimum absolute atomic E-state index is 0.671. The van der Waals surface area contributed by atoms with Crippen molar-refractivity contribution >= 4 is 33.1 Å². The van der Waals surface area contributed by atoms with Gasteiger partial charge in [-0.15, -0.1) is 0 Å². The zero-order valence-corrected chi connectivity index (χ0v) is 31.0. The molecule has 12 heteroatoms. The van der Waals surface area contributed by atoms with Crippen LogP contribution in [0.4, 0.5) is 0 Å². The van der Waals surface area contributed by atoms with E-state index in [0.29, 0.717) is 23.0 Å². The topological polar surface area (TPSA) is 123 Å². The van der Waals surface area contributed by atoms with Gasteiger partial charge in [0.25, 0.3) is 0 Å². The van der Waals surface area contributed by atoms with Gasteiger partial charge in [0.2, 0.25) is 0 Å². The van der Waals surface area contributed by atoms with Crippen LogP contribution in [0.5, 0.6) is 23.0 Å². The van der Waals surface area contributed by atoms with Gasteiger partial charge >= 0.3 is 0 Å². The molecule has 0 unspecified atom stereocenters. The van der Waals surface area contributed by atoms with E-state index < -0.39 is 0 Å². The first-order valence-electron chi connectivity index (χ1n) is 16.7. The fourth-order valence-electron chi connectivity index (χ4n) is 6.85. The predicted octanol–water partition coefficient (Wildman–Crippen LogP) is 7.77. The highest BCUT2D eigenvalue weighted by Gasteiger charge is 2.21. The standard InChI is InChI=1S/2C20H20N4O2/c1-11-10-21-7-6-15(11)20-23-13(3)19-12(2)22-18-16(24(19)20)8-14(25-4)9-17(18)26-5;1-11-6-7-21-10-15(11)20-23-13(3)19-12(2)22-18-16(24(19)20)8-14(25-4)9-17(18)26-5/h2*6-10H,1-5H3. The number of aryl methyl sites for hydroxylation is 6. The average Bonchev–Trinajstić information content (AvgIpc) is 3.69. The van der Waals surface area contributed by atoms with Crippen LogP contribution >= 0.6 is 0 Å². The highest BCUT2D eigenvalue weighted by Crippen LogP contribution is 2.37. The van der Waals surface area contributed by atoms with Gasteiger partial charge < -0.3 is 18.9 Å². The number of imidazole rings is 2. The van der Waals surface area contributed by atoms with Crippen LogP contribution in [0.25, 0.3) is 55.9 Å². The molecule has 12 nitrogen and oxygen atoms in total. The van der Waals surface area contributed by atoms with E-state index >= 15 is 0 Å². The highest BCUT2D eigenvalue weighted by molar-refractivity contribution is 5.90. The summed E-state index contributed by atoms with van der Waals surface area (Å²) in [6.07, 6.45) is 7.28. The number of nitrogens with zero attached hydrogens (tertiary/aromatic N) is 8. The van der Waals surface area contributed by atoms with E-state index in [1.54, 1.807) is 40.8 Å². The van der Waals surface area contributed by atoms with Crippen LogP contribution in [0, 0.1) is 41.5 Å². The monoisotopic (exact) mass is 696 g/mol. The van der Waals surface area contributed by atoms with E-state index in [4.69, 9.17) is 38.9 Å². The fraction of sp³-hybridized carbons (Fsp3) is 0.250. The van der Waals surface area contributed by atoms with Crippen molar-refractivity contribution in [1.29, 1.82) is 0 Å². The first kappa shape index (κ1) is 34.2. The van der Waals surface area contributed by atoms with Crippen LogP contribution in [0.3, 0.4) is 0 Å². The Morgan fingerprint density at radius 3 is 1.40 bits per heavy atom. The van der Waals surface area contributed by atoms with Gasteiger partial charge in [0.1, 0.15) is 45.7 Å². The van der Waals surface area contributed by atoms with Crippen molar-refractivity contribution in [3.8, 4) is 45.8 Å². The van der Waals surface area contributed by atoms with Crippen LogP contribution < -0.4 is 18.9 Å². The zero-order valence-electron chi connectivity index (χ0n) is 31.0. The molecule has 6 aromatic heterocycles. The molecule has 0 radical (unpaired) electrons. The third-order valence-corrected chi connectivity index (χ3v) is 9.34. The summed E-state index contributed by atoms with van der Waals surface area (Å²) >= 11 is 0. The number of pyridine rings is 2. The molecule has 6 heterocycles. The Hall–Kier alpha value is -6.30. The summed E-state index contributed by atoms with van der Waals surface area (Å²) in [6.45, 7) is 12.1. The van der Waals surface area contributed by atoms with Gasteiger partial charge in [0, 0.05) is 60.2 Å². The van der Waals surface area contributed by atoms with Crippen molar-refractivity contribution in [2.45, 2.75) is 41.5 Å². The Kier molecular flexibility index (Phi) is 8.83. The second-order valence-corrected chi connectivity index (χ2v) is 12.6. The molecule has 2 aromatic carbocycles. The second kappa shape index (κ2) is 13.4. The molecule has 0 amide bonds. The third-order valence-electron chi connectivity index (χ3n) is 9.34. The lowest BCUT2D eigenvalue weighted by atomic mass is 10.1. The average molecular weight is 697 g/mol. The predicted molar refractivity (Wildman–Crippen MR) is 202 cm³/mol. The number of methoxy groups -OCH3 is 4. The number of hydrogen-bond acceptors (Lipinski definition) is 10. The molecule has 8 rings (SSSR count). The van der Waals surface area contributed by atoms with Crippen molar-refractivity contribution in [2.75, 3.05) is 28.4 Å². The molecule has 0 spiro atoms. The maximum Gasteiger partial charge on any atom is 0.150 e. The summed E-state index contributed by atoms with van der Waals surface area (Å²) < 4.78 is 26.3. The van der Waals surface area contributed by atoms with Crippen molar-refractivity contribution in [3.05, 3.63) is 95.1 Å². The van der Waals surface area contributed by atoms with Gasteiger partial charge in [-0.1, -0.05) is 0 Å². The maximum absolute atomic E-state index is 5.56. The maximum atomic E-state index is 5.56. The minimum atomic E-state index is 0.671. The minimum Gasteiger partial charge on any atom is -0.497 e. The molecule has 264 valence electrons. The van der Waals surface area contributed by atoms with E-state index in [1.165, 1.54) is 0 Å². The number of fused-ring (bicyclic) bond motifs is 6. The lowest BCUT2D eigenvalue weighted by molar-refractivity contribution is 0.397. The van der Waals surface area contributed by atoms with Crippen LogP contribution in [-0.4, -0.2) is 67.1 Å². The van der Waals surface area contributed by atoms with Crippen molar-refractivity contribution in [2.24, 2.45) is 0 Å². The summed E-state index contributed by atoms with van der Waals surface area (Å²) in [6, 6.07) is 11.6. The van der Waals surface area contributed by atoms with Gasteiger partial charge in [-0.25, -0.2) is 19.9 Å². The third kappa shape index (κ3) is 5.56. The van der Waals surface area contributed by atoms with Crippen LogP contribution in [-0.2, 0) is 0 Å². The molecule has 0 saturated carbocycles. The van der Waals surface area contributed by atoms with Crippen molar-refractivity contribution in [3.63, 3.8) is 0 Å². The van der Waals surface area contributed by atoms with Gasteiger partial charge in [0.05, 0.1) is 73.3 Å². The lowest BCUT2D eigenvalue weighted by Gasteiger charge is -2.13. The van der Waals surface area contributed by atoms with Crippen molar-refractivity contribution < 1.29 is 18.9 Å². The van der Waals surface area contributed by atoms with Crippen molar-refractivity contribution in [1.82, 2.24) is 38.7 Å². The SMILES string of the molecule is COc1cc(OC)c2nc(C)c3c(C)nc(-c4ccncc4C)n3c2c1.COc1cc(OC)c2nc(C)c3c(C)nc(-c4cnccc4C)n3c2c1. The first-order valence-corrected chi connectivity index (χ1v) is 16.7. The van der Waals surface area contributed by atoms with Crippen LogP contribution in [0.15, 0.2) is 61.2 Å². The Balaban J connectivity index is 0.000000162. The molecular formula is C40H40N8O4. The molecule has 0 N–H and O–H groups in total. The van der Waals surface area contributed by atoms with Gasteiger partial charge in [-0.2, -0.15) is 0 Å². The van der Waals surface area contributed by atoms with E-state index in [0.717, 1.165) is 89.8 Å². The quantitative estimate of drug-likeness (QED) is 0.170. The van der Waals surface area contributed by atoms with E-state index in [2.05, 4.69) is 25.7 Å². The van der Waals surface area contributed by atoms with Gasteiger partial charge in [-0.3, -0.25) is 18.8 Å². The fourth-order valence-corrected chi connectivity index (χ4v) is 6.85. The summed E-state index contributed by atoms with van der Waals surface area (Å²) in [4.78, 5) is 27.8. The second-order valence-electron chi connectivity index (χ2n) is 12.6. The summed E-state index contributed by atoms with van der Waals surface area (Å²) in [5.74, 6) is 4.47. The molecular weight excluding hydrogens is 656 g/mol. The molecule has 0 aliphatic rings. The molecule has 0 aliphatic heterocycles. The Morgan fingerprint density at radius 1 is 0.481 bits per heavy atom. The molecule has 0 aliphatic carbocycles. The zero-order chi connectivity index (χ0) is 36.8. The molecule has 0 fully saturated rings.